The number of hydrogen-bond acceptors (Lipinski definition) is 2. The van der Waals surface area contributed by atoms with Crippen LogP contribution in [0.15, 0.2) is 77.3 Å². The largest absolute Gasteiger partial charge is 0.294 e. The van der Waals surface area contributed by atoms with Crippen LogP contribution in [0, 0.1) is 0 Å². The van der Waals surface area contributed by atoms with Crippen molar-refractivity contribution in [3.8, 4) is 0 Å². The minimum Gasteiger partial charge on any atom is -0.294 e. The average Bonchev–Trinajstić information content (AvgIpc) is 2.77. The van der Waals surface area contributed by atoms with E-state index in [4.69, 9.17) is 0 Å². The van der Waals surface area contributed by atoms with Gasteiger partial charge in [-0.3, -0.25) is 9.69 Å². The van der Waals surface area contributed by atoms with E-state index in [2.05, 4.69) is 82.4 Å². The van der Waals surface area contributed by atoms with Crippen LogP contribution in [0.3, 0.4) is 0 Å². The first-order chi connectivity index (χ1) is 14.1. The number of nitrogens with zero attached hydrogens (tertiary/aromatic N) is 1. The van der Waals surface area contributed by atoms with Crippen molar-refractivity contribution in [1.82, 2.24) is 4.90 Å². The molecule has 0 saturated heterocycles. The highest BCUT2D eigenvalue weighted by Crippen LogP contribution is 2.32. The molecule has 0 radical (unpaired) electrons. The molecule has 1 aliphatic heterocycles. The number of halogens is 1. The molecule has 3 heteroatoms. The van der Waals surface area contributed by atoms with Gasteiger partial charge in [-0.15, -0.1) is 0 Å². The summed E-state index contributed by atoms with van der Waals surface area (Å²) in [4.78, 5) is 15.6. The maximum atomic E-state index is 13.2. The molecule has 3 aromatic carbocycles. The average molecular weight is 448 g/mol. The second-order valence-electron chi connectivity index (χ2n) is 7.74. The minimum atomic E-state index is 0.0687. The lowest BCUT2D eigenvalue weighted by molar-refractivity contribution is 0.0903. The van der Waals surface area contributed by atoms with Crippen LogP contribution >= 0.6 is 15.9 Å². The van der Waals surface area contributed by atoms with Gasteiger partial charge in [0.25, 0.3) is 0 Å². The Labute approximate surface area is 181 Å². The summed E-state index contributed by atoms with van der Waals surface area (Å²) in [6.45, 7) is 3.99. The summed E-state index contributed by atoms with van der Waals surface area (Å²) in [7, 11) is 0. The molecule has 4 rings (SSSR count). The van der Waals surface area contributed by atoms with Gasteiger partial charge in [0.2, 0.25) is 0 Å². The molecule has 1 atom stereocenters. The number of Topliss-reactive ketones (excluding diaryl/α,β-unsaturated/α-hetero) is 1. The summed E-state index contributed by atoms with van der Waals surface area (Å²) in [6, 6.07) is 25.2. The number of hydrogen-bond donors (Lipinski definition) is 0. The molecule has 148 valence electrons. The lowest BCUT2D eigenvalue weighted by atomic mass is 9.92. The molecule has 1 unspecified atom stereocenters. The lowest BCUT2D eigenvalue weighted by Gasteiger charge is -2.36. The number of aryl methyl sites for hydroxylation is 1. The summed E-state index contributed by atoms with van der Waals surface area (Å²) in [5.41, 5.74) is 6.06. The highest BCUT2D eigenvalue weighted by atomic mass is 79.9. The Kier molecular flexibility index (Phi) is 6.27. The van der Waals surface area contributed by atoms with Gasteiger partial charge in [-0.25, -0.2) is 0 Å². The van der Waals surface area contributed by atoms with Gasteiger partial charge in [0.05, 0.1) is 0 Å². The van der Waals surface area contributed by atoms with E-state index in [1.54, 1.807) is 0 Å². The molecular weight excluding hydrogens is 422 g/mol. The van der Waals surface area contributed by atoms with E-state index in [0.717, 1.165) is 36.0 Å². The molecule has 0 saturated carbocycles. The highest BCUT2D eigenvalue weighted by molar-refractivity contribution is 9.10. The van der Waals surface area contributed by atoms with Crippen LogP contribution < -0.4 is 0 Å². The van der Waals surface area contributed by atoms with Crippen molar-refractivity contribution in [3.05, 3.63) is 105 Å². The summed E-state index contributed by atoms with van der Waals surface area (Å²) < 4.78 is 1.05. The van der Waals surface area contributed by atoms with Gasteiger partial charge < -0.3 is 0 Å². The summed E-state index contributed by atoms with van der Waals surface area (Å²) in [5, 5.41) is 0. The van der Waals surface area contributed by atoms with E-state index in [-0.39, 0.29) is 11.8 Å². The van der Waals surface area contributed by atoms with Crippen molar-refractivity contribution >= 4 is 21.7 Å². The lowest BCUT2D eigenvalue weighted by Crippen LogP contribution is -2.35. The fraction of sp³-hybridized carbons (Fsp3) is 0.269. The summed E-state index contributed by atoms with van der Waals surface area (Å²) in [6.07, 6.45) is 2.51. The molecule has 1 aliphatic rings. The van der Waals surface area contributed by atoms with E-state index in [1.807, 2.05) is 18.2 Å². The monoisotopic (exact) mass is 447 g/mol. The fourth-order valence-corrected chi connectivity index (χ4v) is 4.59. The van der Waals surface area contributed by atoms with E-state index in [1.165, 1.54) is 22.3 Å². The van der Waals surface area contributed by atoms with Crippen molar-refractivity contribution < 1.29 is 4.79 Å². The zero-order valence-corrected chi connectivity index (χ0v) is 18.4. The molecule has 2 nitrogen and oxygen atoms in total. The quantitative estimate of drug-likeness (QED) is 0.408. The Morgan fingerprint density at radius 2 is 1.76 bits per heavy atom. The Bertz CT molecular complexity index is 996. The van der Waals surface area contributed by atoms with E-state index >= 15 is 0 Å². The molecule has 1 heterocycles. The second kappa shape index (κ2) is 9.06. The van der Waals surface area contributed by atoms with E-state index in [9.17, 15) is 4.79 Å². The minimum absolute atomic E-state index is 0.0687. The van der Waals surface area contributed by atoms with Crippen molar-refractivity contribution in [2.45, 2.75) is 38.8 Å². The number of benzene rings is 3. The first-order valence-electron chi connectivity index (χ1n) is 10.3. The van der Waals surface area contributed by atoms with Crippen molar-refractivity contribution in [2.24, 2.45) is 0 Å². The van der Waals surface area contributed by atoms with Crippen LogP contribution in [-0.2, 0) is 19.4 Å². The topological polar surface area (TPSA) is 20.3 Å². The fourth-order valence-electron chi connectivity index (χ4n) is 4.18. The number of carbonyl (C=O) groups excluding carboxylic acids is 1. The third-order valence-corrected chi connectivity index (χ3v) is 6.39. The van der Waals surface area contributed by atoms with Crippen molar-refractivity contribution in [2.75, 3.05) is 6.54 Å². The van der Waals surface area contributed by atoms with Gasteiger partial charge in [0.15, 0.2) is 5.78 Å². The predicted molar refractivity (Wildman–Crippen MR) is 122 cm³/mol. The van der Waals surface area contributed by atoms with Crippen LogP contribution in [0.2, 0.25) is 0 Å². The molecule has 0 N–H and O–H groups in total. The van der Waals surface area contributed by atoms with Gasteiger partial charge in [0, 0.05) is 35.6 Å². The van der Waals surface area contributed by atoms with Crippen molar-refractivity contribution in [3.63, 3.8) is 0 Å². The maximum absolute atomic E-state index is 13.2. The molecule has 0 aliphatic carbocycles. The summed E-state index contributed by atoms with van der Waals surface area (Å²) in [5.74, 6) is 0.205. The molecule has 29 heavy (non-hydrogen) atoms. The van der Waals surface area contributed by atoms with E-state index < -0.39 is 0 Å². The smallest absolute Gasteiger partial charge is 0.164 e. The molecule has 0 bridgehead atoms. The Balaban J connectivity index is 1.61. The van der Waals surface area contributed by atoms with Crippen LogP contribution in [-0.4, -0.2) is 17.2 Å². The first-order valence-corrected chi connectivity index (χ1v) is 11.1. The van der Waals surface area contributed by atoms with Gasteiger partial charge >= 0.3 is 0 Å². The standard InChI is InChI=1S/C26H26BrNO/c1-2-19-10-12-21(13-11-19)26(29)17-25(22-8-5-9-24(27)16-22)28-15-14-20-6-3-4-7-23(20)18-28/h3-13,16,25H,2,14-15,17-18H2,1H3. The van der Waals surface area contributed by atoms with Crippen LogP contribution in [0.4, 0.5) is 0 Å². The predicted octanol–water partition coefficient (Wildman–Crippen LogP) is 6.38. The zero-order valence-electron chi connectivity index (χ0n) is 16.8. The molecule has 0 fully saturated rings. The SMILES string of the molecule is CCc1ccc(C(=O)CC(c2cccc(Br)c2)N2CCc3ccccc3C2)cc1. The Morgan fingerprint density at radius 3 is 2.48 bits per heavy atom. The molecule has 3 aromatic rings. The zero-order chi connectivity index (χ0) is 20.2. The number of fused-ring (bicyclic) bond motifs is 1. The van der Waals surface area contributed by atoms with Gasteiger partial charge in [-0.05, 0) is 47.2 Å². The summed E-state index contributed by atoms with van der Waals surface area (Å²) >= 11 is 3.60. The van der Waals surface area contributed by atoms with Gasteiger partial charge in [-0.2, -0.15) is 0 Å². The Hall–Kier alpha value is -2.23. The van der Waals surface area contributed by atoms with Gasteiger partial charge in [0.1, 0.15) is 0 Å². The number of ketones is 1. The van der Waals surface area contributed by atoms with E-state index in [0.29, 0.717) is 6.42 Å². The molecule has 0 aromatic heterocycles. The highest BCUT2D eigenvalue weighted by Gasteiger charge is 2.27. The van der Waals surface area contributed by atoms with Crippen LogP contribution in [0.25, 0.3) is 0 Å². The number of carbonyl (C=O) groups is 1. The third-order valence-electron chi connectivity index (χ3n) is 5.90. The van der Waals surface area contributed by atoms with Crippen LogP contribution in [0.5, 0.6) is 0 Å². The van der Waals surface area contributed by atoms with Crippen molar-refractivity contribution in [1.29, 1.82) is 0 Å². The normalized spacial score (nSPS) is 15.0. The second-order valence-corrected chi connectivity index (χ2v) is 8.65. The molecule has 0 amide bonds. The maximum Gasteiger partial charge on any atom is 0.164 e. The van der Waals surface area contributed by atoms with Crippen LogP contribution in [0.1, 0.15) is 52.0 Å². The first kappa shape index (κ1) is 20.1. The van der Waals surface area contributed by atoms with Gasteiger partial charge in [-0.1, -0.05) is 83.5 Å². The number of rotatable bonds is 6. The molecular formula is C26H26BrNO. The molecule has 0 spiro atoms. The Morgan fingerprint density at radius 1 is 1.00 bits per heavy atom. The third kappa shape index (κ3) is 4.68.